The van der Waals surface area contributed by atoms with Crippen LogP contribution in [0.5, 0.6) is 0 Å². The molecule has 0 aromatic heterocycles. The molecule has 0 spiro atoms. The first-order valence-electron chi connectivity index (χ1n) is 9.00. The molecule has 2 aromatic carbocycles. The van der Waals surface area contributed by atoms with Gasteiger partial charge in [0.25, 0.3) is 0 Å². The van der Waals surface area contributed by atoms with Crippen LogP contribution < -0.4 is 10.2 Å². The summed E-state index contributed by atoms with van der Waals surface area (Å²) in [6.45, 7) is 2.96. The molecule has 1 N–H and O–H groups in total. The quantitative estimate of drug-likeness (QED) is 0.941. The molecule has 3 nitrogen and oxygen atoms in total. The Kier molecular flexibility index (Phi) is 4.35. The summed E-state index contributed by atoms with van der Waals surface area (Å²) < 4.78 is 0. The molecule has 1 atom stereocenters. The summed E-state index contributed by atoms with van der Waals surface area (Å²) in [5.74, 6) is 0.745. The number of nitrogens with zero attached hydrogens (tertiary/aromatic N) is 1. The molecular weight excluding hydrogens is 296 g/mol. The Hall–Kier alpha value is -2.13. The molecule has 124 valence electrons. The molecule has 2 aromatic rings. The van der Waals surface area contributed by atoms with Crippen molar-refractivity contribution in [3.05, 3.63) is 65.2 Å². The van der Waals surface area contributed by atoms with Gasteiger partial charge in [0.15, 0.2) is 0 Å². The fourth-order valence-corrected chi connectivity index (χ4v) is 4.05. The van der Waals surface area contributed by atoms with Crippen LogP contribution in [0.1, 0.15) is 35.4 Å². The van der Waals surface area contributed by atoms with Gasteiger partial charge in [-0.3, -0.25) is 4.79 Å². The van der Waals surface area contributed by atoms with Gasteiger partial charge in [-0.05, 0) is 48.4 Å². The van der Waals surface area contributed by atoms with E-state index in [2.05, 4.69) is 23.5 Å². The Labute approximate surface area is 143 Å². The van der Waals surface area contributed by atoms with Gasteiger partial charge in [0.2, 0.25) is 5.91 Å². The molecule has 0 bridgehead atoms. The molecule has 0 aliphatic carbocycles. The third-order valence-electron chi connectivity index (χ3n) is 5.26. The first kappa shape index (κ1) is 15.4. The van der Waals surface area contributed by atoms with Crippen LogP contribution in [-0.4, -0.2) is 25.5 Å². The summed E-state index contributed by atoms with van der Waals surface area (Å²) in [7, 11) is 0. The highest BCUT2D eigenvalue weighted by Crippen LogP contribution is 2.38. The molecular formula is C21H24N2O. The highest BCUT2D eigenvalue weighted by Gasteiger charge is 2.30. The second kappa shape index (κ2) is 6.78. The van der Waals surface area contributed by atoms with Crippen molar-refractivity contribution in [1.82, 2.24) is 5.32 Å². The average molecular weight is 320 g/mol. The minimum Gasteiger partial charge on any atom is -0.316 e. The van der Waals surface area contributed by atoms with E-state index < -0.39 is 0 Å². The number of carbonyl (C=O) groups is 1. The van der Waals surface area contributed by atoms with Crippen molar-refractivity contribution in [2.45, 2.75) is 31.6 Å². The SMILES string of the molecule is O=C(Cc1ccccc1)N1CCc2cccc(C3CCCNC3)c21. The summed E-state index contributed by atoms with van der Waals surface area (Å²) in [5.41, 5.74) is 4.98. The van der Waals surface area contributed by atoms with Crippen molar-refractivity contribution < 1.29 is 4.79 Å². The number of nitrogens with one attached hydrogen (secondary N) is 1. The van der Waals surface area contributed by atoms with Gasteiger partial charge in [-0.2, -0.15) is 0 Å². The smallest absolute Gasteiger partial charge is 0.231 e. The lowest BCUT2D eigenvalue weighted by Gasteiger charge is -2.28. The number of hydrogen-bond acceptors (Lipinski definition) is 2. The number of carbonyl (C=O) groups excluding carboxylic acids is 1. The third-order valence-corrected chi connectivity index (χ3v) is 5.26. The van der Waals surface area contributed by atoms with Gasteiger partial charge in [0.05, 0.1) is 12.1 Å². The van der Waals surface area contributed by atoms with Crippen LogP contribution in [0.3, 0.4) is 0 Å². The van der Waals surface area contributed by atoms with Crippen LogP contribution in [-0.2, 0) is 17.6 Å². The number of para-hydroxylation sites is 1. The van der Waals surface area contributed by atoms with E-state index in [1.165, 1.54) is 29.7 Å². The van der Waals surface area contributed by atoms with Gasteiger partial charge < -0.3 is 10.2 Å². The molecule has 0 saturated carbocycles. The summed E-state index contributed by atoms with van der Waals surface area (Å²) in [5, 5.41) is 3.50. The number of benzene rings is 2. The second-order valence-electron chi connectivity index (χ2n) is 6.86. The largest absolute Gasteiger partial charge is 0.316 e. The highest BCUT2D eigenvalue weighted by atomic mass is 16.2. The van der Waals surface area contributed by atoms with E-state index >= 15 is 0 Å². The topological polar surface area (TPSA) is 32.3 Å². The third kappa shape index (κ3) is 2.96. The number of anilines is 1. The van der Waals surface area contributed by atoms with Crippen LogP contribution in [0.2, 0.25) is 0 Å². The zero-order valence-electron chi connectivity index (χ0n) is 14.0. The van der Waals surface area contributed by atoms with Crippen LogP contribution >= 0.6 is 0 Å². The number of rotatable bonds is 3. The first-order chi connectivity index (χ1) is 11.8. The summed E-state index contributed by atoms with van der Waals surface area (Å²) >= 11 is 0. The molecule has 1 amide bonds. The molecule has 3 heteroatoms. The van der Waals surface area contributed by atoms with E-state index in [0.29, 0.717) is 12.3 Å². The van der Waals surface area contributed by atoms with Crippen molar-refractivity contribution in [1.29, 1.82) is 0 Å². The second-order valence-corrected chi connectivity index (χ2v) is 6.86. The van der Waals surface area contributed by atoms with E-state index in [9.17, 15) is 4.79 Å². The van der Waals surface area contributed by atoms with Crippen molar-refractivity contribution in [3.8, 4) is 0 Å². The lowest BCUT2D eigenvalue weighted by atomic mass is 9.89. The van der Waals surface area contributed by atoms with Gasteiger partial charge >= 0.3 is 0 Å². The predicted molar refractivity (Wildman–Crippen MR) is 97.5 cm³/mol. The fourth-order valence-electron chi connectivity index (χ4n) is 4.05. The Morgan fingerprint density at radius 3 is 2.79 bits per heavy atom. The Morgan fingerprint density at radius 1 is 1.12 bits per heavy atom. The maximum Gasteiger partial charge on any atom is 0.231 e. The van der Waals surface area contributed by atoms with Crippen molar-refractivity contribution >= 4 is 11.6 Å². The molecule has 1 saturated heterocycles. The summed E-state index contributed by atoms with van der Waals surface area (Å²) in [4.78, 5) is 15.0. The number of fused-ring (bicyclic) bond motifs is 1. The van der Waals surface area contributed by atoms with Crippen molar-refractivity contribution in [3.63, 3.8) is 0 Å². The zero-order chi connectivity index (χ0) is 16.4. The molecule has 2 heterocycles. The van der Waals surface area contributed by atoms with E-state index in [0.717, 1.165) is 31.6 Å². The Balaban J connectivity index is 1.61. The number of hydrogen-bond donors (Lipinski definition) is 1. The van der Waals surface area contributed by atoms with Gasteiger partial charge in [0.1, 0.15) is 0 Å². The maximum atomic E-state index is 12.9. The molecule has 1 unspecified atom stereocenters. The Bertz CT molecular complexity index is 720. The van der Waals surface area contributed by atoms with Gasteiger partial charge in [-0.25, -0.2) is 0 Å². The summed E-state index contributed by atoms with van der Waals surface area (Å²) in [6.07, 6.45) is 3.89. The lowest BCUT2D eigenvalue weighted by molar-refractivity contribution is -0.117. The Morgan fingerprint density at radius 2 is 2.00 bits per heavy atom. The van der Waals surface area contributed by atoms with E-state index in [4.69, 9.17) is 0 Å². The first-order valence-corrected chi connectivity index (χ1v) is 9.00. The molecule has 24 heavy (non-hydrogen) atoms. The minimum atomic E-state index is 0.219. The van der Waals surface area contributed by atoms with Crippen LogP contribution in [0.4, 0.5) is 5.69 Å². The standard InChI is InChI=1S/C21H24N2O/c24-20(14-16-6-2-1-3-7-16)23-13-11-17-8-4-10-19(21(17)23)18-9-5-12-22-15-18/h1-4,6-8,10,18,22H,5,9,11-15H2. The zero-order valence-corrected chi connectivity index (χ0v) is 14.0. The normalized spacial score (nSPS) is 20.0. The molecule has 2 aliphatic rings. The molecule has 0 radical (unpaired) electrons. The highest BCUT2D eigenvalue weighted by molar-refractivity contribution is 5.97. The predicted octanol–water partition coefficient (Wildman–Crippen LogP) is 3.29. The maximum absolute atomic E-state index is 12.9. The molecule has 4 rings (SSSR count). The average Bonchev–Trinajstić information content (AvgIpc) is 3.07. The van der Waals surface area contributed by atoms with Crippen LogP contribution in [0.25, 0.3) is 0 Å². The van der Waals surface area contributed by atoms with E-state index in [1.54, 1.807) is 0 Å². The fraction of sp³-hybridized carbons (Fsp3) is 0.381. The van der Waals surface area contributed by atoms with Gasteiger partial charge in [-0.1, -0.05) is 48.5 Å². The number of piperidine rings is 1. The van der Waals surface area contributed by atoms with Gasteiger partial charge in [-0.15, -0.1) is 0 Å². The van der Waals surface area contributed by atoms with E-state index in [-0.39, 0.29) is 5.91 Å². The van der Waals surface area contributed by atoms with Crippen molar-refractivity contribution in [2.24, 2.45) is 0 Å². The summed E-state index contributed by atoms with van der Waals surface area (Å²) in [6, 6.07) is 16.6. The monoisotopic (exact) mass is 320 g/mol. The molecule has 1 fully saturated rings. The molecule has 2 aliphatic heterocycles. The van der Waals surface area contributed by atoms with Gasteiger partial charge in [0, 0.05) is 13.1 Å². The van der Waals surface area contributed by atoms with Crippen LogP contribution in [0, 0.1) is 0 Å². The lowest BCUT2D eigenvalue weighted by Crippen LogP contribution is -2.33. The van der Waals surface area contributed by atoms with Crippen LogP contribution in [0.15, 0.2) is 48.5 Å². The number of amides is 1. The van der Waals surface area contributed by atoms with E-state index in [1.807, 2.05) is 35.2 Å². The van der Waals surface area contributed by atoms with Crippen molar-refractivity contribution in [2.75, 3.05) is 24.5 Å². The minimum absolute atomic E-state index is 0.219.